The van der Waals surface area contributed by atoms with Crippen molar-refractivity contribution in [1.29, 1.82) is 0 Å². The first kappa shape index (κ1) is 12.5. The van der Waals surface area contributed by atoms with Crippen LogP contribution in [-0.4, -0.2) is 12.3 Å². The van der Waals surface area contributed by atoms with Gasteiger partial charge in [0.1, 0.15) is 5.75 Å². The van der Waals surface area contributed by atoms with E-state index in [0.717, 1.165) is 29.9 Å². The molecule has 0 saturated heterocycles. The van der Waals surface area contributed by atoms with Gasteiger partial charge in [0, 0.05) is 18.4 Å². The van der Waals surface area contributed by atoms with Crippen molar-refractivity contribution in [2.24, 2.45) is 5.16 Å². The summed E-state index contributed by atoms with van der Waals surface area (Å²) in [7, 11) is 0. The van der Waals surface area contributed by atoms with E-state index in [4.69, 9.17) is 9.57 Å². The van der Waals surface area contributed by atoms with Gasteiger partial charge in [0.2, 0.25) is 0 Å². The first-order valence-corrected chi connectivity index (χ1v) is 7.31. The highest BCUT2D eigenvalue weighted by molar-refractivity contribution is 5.84. The third-order valence-corrected chi connectivity index (χ3v) is 4.26. The fraction of sp³-hybridized carbons (Fsp3) is 0.278. The summed E-state index contributed by atoms with van der Waals surface area (Å²) in [5.41, 5.74) is 4.23. The Balaban J connectivity index is 1.81. The number of rotatable bonds is 1. The molecule has 3 nitrogen and oxygen atoms in total. The summed E-state index contributed by atoms with van der Waals surface area (Å²) in [6.45, 7) is 2.70. The minimum absolute atomic E-state index is 0.331. The maximum atomic E-state index is 5.82. The van der Waals surface area contributed by atoms with Crippen molar-refractivity contribution >= 4 is 5.71 Å². The van der Waals surface area contributed by atoms with Gasteiger partial charge in [0.25, 0.3) is 0 Å². The third-order valence-electron chi connectivity index (χ3n) is 4.26. The highest BCUT2D eigenvalue weighted by Gasteiger charge is 2.44. The minimum Gasteiger partial charge on any atom is -0.493 e. The Morgan fingerprint density at radius 2 is 1.90 bits per heavy atom. The van der Waals surface area contributed by atoms with Crippen molar-refractivity contribution in [1.82, 2.24) is 0 Å². The average Bonchev–Trinajstić information content (AvgIpc) is 2.90. The molecule has 0 radical (unpaired) electrons. The first-order chi connectivity index (χ1) is 10.3. The molecule has 0 aromatic heterocycles. The van der Waals surface area contributed by atoms with Gasteiger partial charge in [-0.15, -0.1) is 0 Å². The van der Waals surface area contributed by atoms with Crippen LogP contribution in [0.25, 0.3) is 11.1 Å². The molecule has 1 spiro atoms. The molecule has 0 saturated carbocycles. The third kappa shape index (κ3) is 2.00. The van der Waals surface area contributed by atoms with Crippen molar-refractivity contribution in [2.75, 3.05) is 6.61 Å². The molecule has 3 heteroatoms. The number of hydrogen-bond acceptors (Lipinski definition) is 3. The molecule has 21 heavy (non-hydrogen) atoms. The highest BCUT2D eigenvalue weighted by Crippen LogP contribution is 2.46. The van der Waals surface area contributed by atoms with Crippen molar-refractivity contribution in [3.63, 3.8) is 0 Å². The summed E-state index contributed by atoms with van der Waals surface area (Å²) >= 11 is 0. The van der Waals surface area contributed by atoms with Crippen LogP contribution >= 0.6 is 0 Å². The Kier molecular flexibility index (Phi) is 2.74. The van der Waals surface area contributed by atoms with Gasteiger partial charge in [0.15, 0.2) is 5.60 Å². The molecular weight excluding hydrogens is 262 g/mol. The van der Waals surface area contributed by atoms with E-state index in [1.54, 1.807) is 0 Å². The fourth-order valence-corrected chi connectivity index (χ4v) is 3.20. The number of fused-ring (bicyclic) bond motifs is 2. The topological polar surface area (TPSA) is 30.8 Å². The van der Waals surface area contributed by atoms with E-state index >= 15 is 0 Å². The van der Waals surface area contributed by atoms with Gasteiger partial charge in [-0.3, -0.25) is 0 Å². The quantitative estimate of drug-likeness (QED) is 0.786. The molecular formula is C18H17NO2. The van der Waals surface area contributed by atoms with E-state index < -0.39 is 0 Å². The van der Waals surface area contributed by atoms with Gasteiger partial charge in [-0.25, -0.2) is 0 Å². The monoisotopic (exact) mass is 279 g/mol. The van der Waals surface area contributed by atoms with Crippen LogP contribution in [-0.2, 0) is 10.4 Å². The standard InChI is InChI=1S/C18H17NO2/c1-13-12-18(21-19-13)9-10-20-17-8-7-15(11-16(17)18)14-5-3-2-4-6-14/h2-8,11H,9-10,12H2,1H3/t18-/m1/s1. The largest absolute Gasteiger partial charge is 0.493 e. The van der Waals surface area contributed by atoms with E-state index in [1.807, 2.05) is 13.0 Å². The second-order valence-electron chi connectivity index (χ2n) is 5.76. The van der Waals surface area contributed by atoms with Crippen molar-refractivity contribution in [3.05, 3.63) is 54.1 Å². The Labute approximate surface area is 124 Å². The zero-order valence-electron chi connectivity index (χ0n) is 12.0. The van der Waals surface area contributed by atoms with Gasteiger partial charge >= 0.3 is 0 Å². The van der Waals surface area contributed by atoms with Crippen LogP contribution in [0.2, 0.25) is 0 Å². The van der Waals surface area contributed by atoms with Crippen LogP contribution in [0, 0.1) is 0 Å². The lowest BCUT2D eigenvalue weighted by atomic mass is 9.83. The summed E-state index contributed by atoms with van der Waals surface area (Å²) in [4.78, 5) is 5.82. The van der Waals surface area contributed by atoms with Crippen molar-refractivity contribution < 1.29 is 9.57 Å². The average molecular weight is 279 g/mol. The zero-order valence-corrected chi connectivity index (χ0v) is 12.0. The molecule has 2 aromatic rings. The van der Waals surface area contributed by atoms with E-state index in [0.29, 0.717) is 6.61 Å². The summed E-state index contributed by atoms with van der Waals surface area (Å²) in [6, 6.07) is 16.7. The second kappa shape index (κ2) is 4.62. The summed E-state index contributed by atoms with van der Waals surface area (Å²) < 4.78 is 5.81. The Hall–Kier alpha value is -2.29. The molecule has 2 heterocycles. The number of nitrogens with zero attached hydrogens (tertiary/aromatic N) is 1. The van der Waals surface area contributed by atoms with Gasteiger partial charge in [-0.2, -0.15) is 0 Å². The van der Waals surface area contributed by atoms with Crippen LogP contribution in [0.3, 0.4) is 0 Å². The molecule has 0 N–H and O–H groups in total. The maximum Gasteiger partial charge on any atom is 0.174 e. The lowest BCUT2D eigenvalue weighted by Crippen LogP contribution is -2.33. The maximum absolute atomic E-state index is 5.82. The number of oxime groups is 1. The summed E-state index contributed by atoms with van der Waals surface area (Å²) in [5, 5.41) is 4.18. The van der Waals surface area contributed by atoms with Crippen LogP contribution in [0.5, 0.6) is 5.75 Å². The lowest BCUT2D eigenvalue weighted by Gasteiger charge is -2.33. The zero-order chi connectivity index (χ0) is 14.3. The number of hydrogen-bond donors (Lipinski definition) is 0. The lowest BCUT2D eigenvalue weighted by molar-refractivity contribution is -0.0502. The fourth-order valence-electron chi connectivity index (χ4n) is 3.20. The van der Waals surface area contributed by atoms with E-state index in [-0.39, 0.29) is 5.60 Å². The molecule has 2 aliphatic rings. The van der Waals surface area contributed by atoms with Crippen LogP contribution in [0.1, 0.15) is 25.3 Å². The number of ether oxygens (including phenoxy) is 1. The molecule has 1 atom stereocenters. The van der Waals surface area contributed by atoms with E-state index in [9.17, 15) is 0 Å². The van der Waals surface area contributed by atoms with Gasteiger partial charge in [-0.05, 0) is 30.2 Å². The van der Waals surface area contributed by atoms with E-state index in [1.165, 1.54) is 11.1 Å². The SMILES string of the molecule is CC1=NO[C@]2(CCOc3ccc(-c4ccccc4)cc32)C1. The number of benzene rings is 2. The molecule has 0 unspecified atom stereocenters. The van der Waals surface area contributed by atoms with Crippen LogP contribution in [0.15, 0.2) is 53.7 Å². The molecule has 106 valence electrons. The van der Waals surface area contributed by atoms with Gasteiger partial charge in [-0.1, -0.05) is 41.6 Å². The van der Waals surface area contributed by atoms with Crippen molar-refractivity contribution in [2.45, 2.75) is 25.4 Å². The summed E-state index contributed by atoms with van der Waals surface area (Å²) in [6.07, 6.45) is 1.70. The molecule has 0 fully saturated rings. The summed E-state index contributed by atoms with van der Waals surface area (Å²) in [5.74, 6) is 0.922. The van der Waals surface area contributed by atoms with Gasteiger partial charge < -0.3 is 9.57 Å². The smallest absolute Gasteiger partial charge is 0.174 e. The predicted molar refractivity (Wildman–Crippen MR) is 82.5 cm³/mol. The molecule has 0 amide bonds. The first-order valence-electron chi connectivity index (χ1n) is 7.31. The highest BCUT2D eigenvalue weighted by atomic mass is 16.7. The van der Waals surface area contributed by atoms with Gasteiger partial charge in [0.05, 0.1) is 12.3 Å². The molecule has 0 aliphatic carbocycles. The van der Waals surface area contributed by atoms with Crippen LogP contribution in [0.4, 0.5) is 0 Å². The second-order valence-corrected chi connectivity index (χ2v) is 5.76. The Bertz CT molecular complexity index is 708. The predicted octanol–water partition coefficient (Wildman–Crippen LogP) is 4.13. The van der Waals surface area contributed by atoms with Crippen molar-refractivity contribution in [3.8, 4) is 16.9 Å². The molecule has 2 aliphatic heterocycles. The Morgan fingerprint density at radius 1 is 1.05 bits per heavy atom. The Morgan fingerprint density at radius 3 is 2.67 bits per heavy atom. The molecule has 4 rings (SSSR count). The normalized spacial score (nSPS) is 23.2. The molecule has 2 aromatic carbocycles. The minimum atomic E-state index is -0.331. The molecule has 0 bridgehead atoms. The van der Waals surface area contributed by atoms with E-state index in [2.05, 4.69) is 47.6 Å². The van der Waals surface area contributed by atoms with Crippen LogP contribution < -0.4 is 4.74 Å².